The molecule has 4 nitrogen and oxygen atoms in total. The zero-order valence-corrected chi connectivity index (χ0v) is 11.3. The second-order valence-electron chi connectivity index (χ2n) is 3.71. The van der Waals surface area contributed by atoms with Crippen LogP contribution in [0.3, 0.4) is 0 Å². The summed E-state index contributed by atoms with van der Waals surface area (Å²) < 4.78 is 6.47. The molecule has 0 unspecified atom stereocenters. The molecule has 0 bridgehead atoms. The van der Waals surface area contributed by atoms with E-state index >= 15 is 0 Å². The van der Waals surface area contributed by atoms with E-state index in [-0.39, 0.29) is 6.01 Å². The fraction of sp³-hybridized carbons (Fsp3) is 0.154. The summed E-state index contributed by atoms with van der Waals surface area (Å²) in [5.74, 6) is 0. The summed E-state index contributed by atoms with van der Waals surface area (Å²) in [6, 6.07) is 11.6. The molecule has 0 aliphatic heterocycles. The van der Waals surface area contributed by atoms with Gasteiger partial charge < -0.3 is 4.74 Å². The van der Waals surface area contributed by atoms with E-state index in [1.165, 1.54) is 0 Å². The van der Waals surface area contributed by atoms with Crippen molar-refractivity contribution in [2.45, 2.75) is 13.5 Å². The average molecular weight is 304 g/mol. The van der Waals surface area contributed by atoms with E-state index in [2.05, 4.69) is 25.9 Å². The van der Waals surface area contributed by atoms with Crippen molar-refractivity contribution in [2.24, 2.45) is 0 Å². The fourth-order valence-electron chi connectivity index (χ4n) is 1.44. The molecule has 90 valence electrons. The average Bonchev–Trinajstić information content (AvgIpc) is 2.36. The SMILES string of the molecule is Cc1cc(C#N)nc(OCc2cccc(Br)c2)n1. The normalized spacial score (nSPS) is 9.83. The minimum Gasteiger partial charge on any atom is -0.459 e. The second kappa shape index (κ2) is 5.61. The van der Waals surface area contributed by atoms with Gasteiger partial charge in [-0.1, -0.05) is 28.1 Å². The van der Waals surface area contributed by atoms with Gasteiger partial charge in [-0.15, -0.1) is 0 Å². The minimum absolute atomic E-state index is 0.228. The van der Waals surface area contributed by atoms with Crippen LogP contribution in [0.4, 0.5) is 0 Å². The zero-order chi connectivity index (χ0) is 13.0. The van der Waals surface area contributed by atoms with Gasteiger partial charge in [0.05, 0.1) is 0 Å². The molecule has 0 saturated carbocycles. The van der Waals surface area contributed by atoms with Crippen LogP contribution in [0.15, 0.2) is 34.8 Å². The molecule has 1 aromatic heterocycles. The second-order valence-corrected chi connectivity index (χ2v) is 4.62. The Morgan fingerprint density at radius 1 is 1.33 bits per heavy atom. The lowest BCUT2D eigenvalue weighted by Crippen LogP contribution is -2.01. The number of nitrogens with zero attached hydrogens (tertiary/aromatic N) is 3. The topological polar surface area (TPSA) is 58.8 Å². The Labute approximate surface area is 113 Å². The number of aryl methyl sites for hydroxylation is 1. The Morgan fingerprint density at radius 2 is 2.17 bits per heavy atom. The van der Waals surface area contributed by atoms with Crippen LogP contribution in [0.1, 0.15) is 17.0 Å². The van der Waals surface area contributed by atoms with E-state index in [1.54, 1.807) is 13.0 Å². The van der Waals surface area contributed by atoms with Gasteiger partial charge in [0.2, 0.25) is 0 Å². The number of rotatable bonds is 3. The highest BCUT2D eigenvalue weighted by Gasteiger charge is 2.03. The first-order valence-electron chi connectivity index (χ1n) is 5.30. The first kappa shape index (κ1) is 12.5. The van der Waals surface area contributed by atoms with Crippen molar-refractivity contribution in [3.05, 3.63) is 51.8 Å². The monoisotopic (exact) mass is 303 g/mol. The maximum Gasteiger partial charge on any atom is 0.318 e. The highest BCUT2D eigenvalue weighted by molar-refractivity contribution is 9.10. The van der Waals surface area contributed by atoms with Crippen LogP contribution < -0.4 is 4.74 Å². The lowest BCUT2D eigenvalue weighted by atomic mass is 10.2. The van der Waals surface area contributed by atoms with Crippen molar-refractivity contribution in [2.75, 3.05) is 0 Å². The smallest absolute Gasteiger partial charge is 0.318 e. The Balaban J connectivity index is 2.11. The molecule has 0 atom stereocenters. The summed E-state index contributed by atoms with van der Waals surface area (Å²) in [6.07, 6.45) is 0. The van der Waals surface area contributed by atoms with E-state index < -0.39 is 0 Å². The van der Waals surface area contributed by atoms with Crippen LogP contribution in [0.5, 0.6) is 6.01 Å². The van der Waals surface area contributed by atoms with Crippen LogP contribution in [0.25, 0.3) is 0 Å². The first-order valence-corrected chi connectivity index (χ1v) is 6.10. The lowest BCUT2D eigenvalue weighted by Gasteiger charge is -2.05. The van der Waals surface area contributed by atoms with E-state index in [0.717, 1.165) is 10.0 Å². The molecule has 1 aromatic carbocycles. The van der Waals surface area contributed by atoms with E-state index in [4.69, 9.17) is 10.00 Å². The van der Waals surface area contributed by atoms with Crippen LogP contribution in [-0.2, 0) is 6.61 Å². The highest BCUT2D eigenvalue weighted by atomic mass is 79.9. The Kier molecular flexibility index (Phi) is 3.90. The van der Waals surface area contributed by atoms with Crippen LogP contribution in [0.2, 0.25) is 0 Å². The quantitative estimate of drug-likeness (QED) is 0.874. The summed E-state index contributed by atoms with van der Waals surface area (Å²) in [4.78, 5) is 8.11. The standard InChI is InChI=1S/C13H10BrN3O/c1-9-5-12(7-15)17-13(16-9)18-8-10-3-2-4-11(14)6-10/h2-6H,8H2,1H3. The number of benzene rings is 1. The molecule has 1 heterocycles. The Hall–Kier alpha value is -1.93. The molecule has 0 aliphatic carbocycles. The van der Waals surface area contributed by atoms with Crippen molar-refractivity contribution < 1.29 is 4.74 Å². The van der Waals surface area contributed by atoms with Crippen LogP contribution >= 0.6 is 15.9 Å². The van der Waals surface area contributed by atoms with Gasteiger partial charge in [-0.2, -0.15) is 10.2 Å². The van der Waals surface area contributed by atoms with Gasteiger partial charge in [-0.25, -0.2) is 4.98 Å². The molecule has 0 spiro atoms. The zero-order valence-electron chi connectivity index (χ0n) is 9.72. The molecular formula is C13H10BrN3O. The fourth-order valence-corrected chi connectivity index (χ4v) is 1.88. The predicted octanol–water partition coefficient (Wildman–Crippen LogP) is 3.00. The van der Waals surface area contributed by atoms with Gasteiger partial charge in [0.15, 0.2) is 0 Å². The molecule has 2 aromatic rings. The van der Waals surface area contributed by atoms with Crippen molar-refractivity contribution in [1.29, 1.82) is 5.26 Å². The molecule has 0 amide bonds. The van der Waals surface area contributed by atoms with Gasteiger partial charge in [-0.05, 0) is 30.7 Å². The van der Waals surface area contributed by atoms with Crippen molar-refractivity contribution in [3.63, 3.8) is 0 Å². The largest absolute Gasteiger partial charge is 0.459 e. The third-order valence-electron chi connectivity index (χ3n) is 2.21. The molecule has 0 N–H and O–H groups in total. The molecular weight excluding hydrogens is 294 g/mol. The highest BCUT2D eigenvalue weighted by Crippen LogP contribution is 2.14. The van der Waals surface area contributed by atoms with Crippen LogP contribution in [0, 0.1) is 18.3 Å². The van der Waals surface area contributed by atoms with Gasteiger partial charge in [0.1, 0.15) is 18.4 Å². The van der Waals surface area contributed by atoms with Crippen molar-refractivity contribution in [3.8, 4) is 12.1 Å². The van der Waals surface area contributed by atoms with Crippen molar-refractivity contribution >= 4 is 15.9 Å². The minimum atomic E-state index is 0.228. The van der Waals surface area contributed by atoms with E-state index in [9.17, 15) is 0 Å². The first-order chi connectivity index (χ1) is 8.67. The third kappa shape index (κ3) is 3.28. The molecule has 2 rings (SSSR count). The summed E-state index contributed by atoms with van der Waals surface area (Å²) in [5.41, 5.74) is 2.03. The van der Waals surface area contributed by atoms with E-state index in [0.29, 0.717) is 18.0 Å². The molecule has 0 radical (unpaired) electrons. The predicted molar refractivity (Wildman–Crippen MR) is 70.0 cm³/mol. The molecule has 0 fully saturated rings. The van der Waals surface area contributed by atoms with Crippen LogP contribution in [-0.4, -0.2) is 9.97 Å². The number of nitriles is 1. The van der Waals surface area contributed by atoms with E-state index in [1.807, 2.05) is 30.3 Å². The van der Waals surface area contributed by atoms with Gasteiger partial charge in [0, 0.05) is 10.2 Å². The molecule has 0 aliphatic rings. The number of hydrogen-bond donors (Lipinski definition) is 0. The van der Waals surface area contributed by atoms with Crippen molar-refractivity contribution in [1.82, 2.24) is 9.97 Å². The summed E-state index contributed by atoms with van der Waals surface area (Å²) in [5, 5.41) is 8.81. The molecule has 18 heavy (non-hydrogen) atoms. The lowest BCUT2D eigenvalue weighted by molar-refractivity contribution is 0.279. The summed E-state index contributed by atoms with van der Waals surface area (Å²) in [6.45, 7) is 2.17. The summed E-state index contributed by atoms with van der Waals surface area (Å²) >= 11 is 3.39. The molecule has 0 saturated heterocycles. The molecule has 5 heteroatoms. The number of halogens is 1. The van der Waals surface area contributed by atoms with Gasteiger partial charge in [0.25, 0.3) is 0 Å². The maximum absolute atomic E-state index is 8.81. The maximum atomic E-state index is 8.81. The Morgan fingerprint density at radius 3 is 2.89 bits per heavy atom. The Bertz CT molecular complexity index is 607. The number of ether oxygens (including phenoxy) is 1. The number of hydrogen-bond acceptors (Lipinski definition) is 4. The number of aromatic nitrogens is 2. The third-order valence-corrected chi connectivity index (χ3v) is 2.70. The van der Waals surface area contributed by atoms with Gasteiger partial charge >= 0.3 is 6.01 Å². The van der Waals surface area contributed by atoms with Gasteiger partial charge in [-0.3, -0.25) is 0 Å². The summed E-state index contributed by atoms with van der Waals surface area (Å²) in [7, 11) is 0.